The van der Waals surface area contributed by atoms with E-state index in [0.717, 1.165) is 12.8 Å². The molecular formula is C10H19NO2. The summed E-state index contributed by atoms with van der Waals surface area (Å²) in [5.41, 5.74) is 5.26. The van der Waals surface area contributed by atoms with Gasteiger partial charge >= 0.3 is 5.97 Å². The Morgan fingerprint density at radius 1 is 1.54 bits per heavy atom. The van der Waals surface area contributed by atoms with E-state index >= 15 is 0 Å². The van der Waals surface area contributed by atoms with Crippen molar-refractivity contribution in [2.45, 2.75) is 45.1 Å². The molecule has 2 unspecified atom stereocenters. The lowest BCUT2D eigenvalue weighted by molar-refractivity contribution is -0.150. The van der Waals surface area contributed by atoms with Crippen molar-refractivity contribution < 1.29 is 9.53 Å². The Bertz CT molecular complexity index is 170. The lowest BCUT2D eigenvalue weighted by Crippen LogP contribution is -2.25. The lowest BCUT2D eigenvalue weighted by atomic mass is 9.89. The number of esters is 1. The first-order valence-electron chi connectivity index (χ1n) is 5.12. The third-order valence-electron chi connectivity index (χ3n) is 2.53. The molecule has 0 amide bonds. The van der Waals surface area contributed by atoms with Gasteiger partial charge in [-0.25, -0.2) is 0 Å². The summed E-state index contributed by atoms with van der Waals surface area (Å²) in [6, 6.07) is 0. The van der Waals surface area contributed by atoms with Crippen molar-refractivity contribution in [3.63, 3.8) is 0 Å². The molecule has 0 bridgehead atoms. The summed E-state index contributed by atoms with van der Waals surface area (Å²) in [5.74, 6) is 0.561. The molecule has 1 fully saturated rings. The summed E-state index contributed by atoms with van der Waals surface area (Å²) in [4.78, 5) is 11.1. The van der Waals surface area contributed by atoms with Crippen molar-refractivity contribution in [2.24, 2.45) is 11.7 Å². The Balaban J connectivity index is 2.23. The minimum Gasteiger partial charge on any atom is -0.462 e. The van der Waals surface area contributed by atoms with E-state index < -0.39 is 0 Å². The fraction of sp³-hybridized carbons (Fsp3) is 0.900. The molecule has 13 heavy (non-hydrogen) atoms. The molecule has 0 aromatic carbocycles. The Kier molecular flexibility index (Phi) is 4.22. The van der Waals surface area contributed by atoms with Gasteiger partial charge in [-0.05, 0) is 25.2 Å². The first-order valence-corrected chi connectivity index (χ1v) is 5.12. The van der Waals surface area contributed by atoms with Gasteiger partial charge in [-0.3, -0.25) is 4.79 Å². The molecule has 3 heteroatoms. The normalized spacial score (nSPS) is 28.5. The van der Waals surface area contributed by atoms with Crippen LogP contribution >= 0.6 is 0 Å². The highest BCUT2D eigenvalue weighted by Gasteiger charge is 2.21. The monoisotopic (exact) mass is 185 g/mol. The largest absolute Gasteiger partial charge is 0.462 e. The number of hydrogen-bond donors (Lipinski definition) is 1. The summed E-state index contributed by atoms with van der Waals surface area (Å²) >= 11 is 0. The summed E-state index contributed by atoms with van der Waals surface area (Å²) in [7, 11) is 0. The van der Waals surface area contributed by atoms with E-state index in [4.69, 9.17) is 10.5 Å². The standard InChI is InChI=1S/C10H19NO2/c1-8-3-2-4-9(7-8)13-10(12)5-6-11/h8-9H,2-7,11H2,1H3. The van der Waals surface area contributed by atoms with Crippen LogP contribution in [0.1, 0.15) is 39.0 Å². The Hall–Kier alpha value is -0.570. The van der Waals surface area contributed by atoms with E-state index in [1.54, 1.807) is 0 Å². The minimum atomic E-state index is -0.137. The second kappa shape index (κ2) is 5.22. The van der Waals surface area contributed by atoms with Gasteiger partial charge < -0.3 is 10.5 Å². The van der Waals surface area contributed by atoms with Crippen LogP contribution < -0.4 is 5.73 Å². The number of carbonyl (C=O) groups is 1. The third-order valence-corrected chi connectivity index (χ3v) is 2.53. The van der Waals surface area contributed by atoms with Crippen LogP contribution in [-0.2, 0) is 9.53 Å². The van der Waals surface area contributed by atoms with Gasteiger partial charge in [0.2, 0.25) is 0 Å². The maximum absolute atomic E-state index is 11.1. The van der Waals surface area contributed by atoms with Gasteiger partial charge in [0.05, 0.1) is 6.42 Å². The van der Waals surface area contributed by atoms with Crippen molar-refractivity contribution in [2.75, 3.05) is 6.54 Å². The smallest absolute Gasteiger partial charge is 0.307 e. The molecule has 3 nitrogen and oxygen atoms in total. The summed E-state index contributed by atoms with van der Waals surface area (Å²) in [5, 5.41) is 0. The van der Waals surface area contributed by atoms with Crippen molar-refractivity contribution in [1.29, 1.82) is 0 Å². The van der Waals surface area contributed by atoms with Crippen molar-refractivity contribution in [3.8, 4) is 0 Å². The van der Waals surface area contributed by atoms with Crippen LogP contribution in [0, 0.1) is 5.92 Å². The van der Waals surface area contributed by atoms with E-state index in [0.29, 0.717) is 18.9 Å². The Labute approximate surface area is 79.6 Å². The molecule has 0 aromatic heterocycles. The molecule has 2 N–H and O–H groups in total. The maximum atomic E-state index is 11.1. The minimum absolute atomic E-state index is 0.137. The topological polar surface area (TPSA) is 52.3 Å². The van der Waals surface area contributed by atoms with Crippen LogP contribution in [0.5, 0.6) is 0 Å². The highest BCUT2D eigenvalue weighted by molar-refractivity contribution is 5.69. The predicted octanol–water partition coefficient (Wildman–Crippen LogP) is 1.46. The van der Waals surface area contributed by atoms with Gasteiger partial charge in [0.15, 0.2) is 0 Å². The van der Waals surface area contributed by atoms with Crippen molar-refractivity contribution in [3.05, 3.63) is 0 Å². The second-order valence-corrected chi connectivity index (χ2v) is 3.92. The van der Waals surface area contributed by atoms with Gasteiger partial charge in [-0.15, -0.1) is 0 Å². The number of nitrogens with two attached hydrogens (primary N) is 1. The molecule has 0 heterocycles. The van der Waals surface area contributed by atoms with Gasteiger partial charge in [0.1, 0.15) is 6.10 Å². The number of ether oxygens (including phenoxy) is 1. The first kappa shape index (κ1) is 10.5. The molecule has 76 valence electrons. The molecular weight excluding hydrogens is 166 g/mol. The van der Waals surface area contributed by atoms with Crippen LogP contribution in [0.2, 0.25) is 0 Å². The Morgan fingerprint density at radius 3 is 2.92 bits per heavy atom. The molecule has 1 saturated carbocycles. The number of hydrogen-bond acceptors (Lipinski definition) is 3. The van der Waals surface area contributed by atoms with Crippen LogP contribution in [0.4, 0.5) is 0 Å². The fourth-order valence-electron chi connectivity index (χ4n) is 1.85. The van der Waals surface area contributed by atoms with Gasteiger partial charge in [-0.1, -0.05) is 13.3 Å². The summed E-state index contributed by atoms with van der Waals surface area (Å²) < 4.78 is 5.28. The molecule has 2 atom stereocenters. The second-order valence-electron chi connectivity index (χ2n) is 3.92. The Morgan fingerprint density at radius 2 is 2.31 bits per heavy atom. The molecule has 0 aliphatic heterocycles. The molecule has 0 saturated heterocycles. The van der Waals surface area contributed by atoms with Crippen molar-refractivity contribution >= 4 is 5.97 Å². The van der Waals surface area contributed by atoms with E-state index in [-0.39, 0.29) is 12.1 Å². The van der Waals surface area contributed by atoms with Crippen LogP contribution in [-0.4, -0.2) is 18.6 Å². The quantitative estimate of drug-likeness (QED) is 0.677. The third kappa shape index (κ3) is 3.77. The molecule has 1 aliphatic rings. The van der Waals surface area contributed by atoms with Gasteiger partial charge in [0, 0.05) is 6.54 Å². The van der Waals surface area contributed by atoms with Gasteiger partial charge in [-0.2, -0.15) is 0 Å². The first-order chi connectivity index (χ1) is 6.22. The van der Waals surface area contributed by atoms with Crippen LogP contribution in [0.3, 0.4) is 0 Å². The van der Waals surface area contributed by atoms with E-state index in [1.165, 1.54) is 12.8 Å². The molecule has 1 aliphatic carbocycles. The average molecular weight is 185 g/mol. The maximum Gasteiger partial charge on any atom is 0.307 e. The molecule has 0 radical (unpaired) electrons. The summed E-state index contributed by atoms with van der Waals surface area (Å²) in [6.45, 7) is 2.60. The highest BCUT2D eigenvalue weighted by Crippen LogP contribution is 2.25. The van der Waals surface area contributed by atoms with Crippen LogP contribution in [0.25, 0.3) is 0 Å². The van der Waals surface area contributed by atoms with E-state index in [1.807, 2.05) is 0 Å². The summed E-state index contributed by atoms with van der Waals surface area (Å²) in [6.07, 6.45) is 5.01. The fourth-order valence-corrected chi connectivity index (χ4v) is 1.85. The number of carbonyl (C=O) groups excluding carboxylic acids is 1. The number of rotatable bonds is 3. The molecule has 0 aromatic rings. The van der Waals surface area contributed by atoms with Crippen molar-refractivity contribution in [1.82, 2.24) is 0 Å². The SMILES string of the molecule is CC1CCCC(OC(=O)CCN)C1. The molecule has 1 rings (SSSR count). The van der Waals surface area contributed by atoms with Crippen LogP contribution in [0.15, 0.2) is 0 Å². The lowest BCUT2D eigenvalue weighted by Gasteiger charge is -2.26. The zero-order valence-corrected chi connectivity index (χ0v) is 8.29. The van der Waals surface area contributed by atoms with Gasteiger partial charge in [0.25, 0.3) is 0 Å². The zero-order valence-electron chi connectivity index (χ0n) is 8.29. The van der Waals surface area contributed by atoms with E-state index in [9.17, 15) is 4.79 Å². The zero-order chi connectivity index (χ0) is 9.68. The predicted molar refractivity (Wildman–Crippen MR) is 51.2 cm³/mol. The highest BCUT2D eigenvalue weighted by atomic mass is 16.5. The van der Waals surface area contributed by atoms with E-state index in [2.05, 4.69) is 6.92 Å². The molecule has 0 spiro atoms. The average Bonchev–Trinajstić information content (AvgIpc) is 2.04.